The Balaban J connectivity index is 1.42. The number of nitrogens with zero attached hydrogens (tertiary/aromatic N) is 4. The molecule has 254 valence electrons. The second kappa shape index (κ2) is 14.6. The molecule has 3 atom stereocenters. The Bertz CT molecular complexity index is 1730. The molecule has 4 aromatic rings. The van der Waals surface area contributed by atoms with Gasteiger partial charge < -0.3 is 14.2 Å². The molecule has 0 radical (unpaired) electrons. The minimum atomic E-state index is -3.67. The van der Waals surface area contributed by atoms with Gasteiger partial charge in [-0.2, -0.15) is 0 Å². The number of hydrogen-bond acceptors (Lipinski definition) is 7. The standard InChI is InChI=1S/C36H43ClN5O5P/c1-27-23-42(35(44)38-34(27)43)33-25-40(24-32(47-33)26-46-48(37,45)41-21-19-31(20-22-41)39(2)3)36(28-13-7-4-8-14-28,29-15-9-5-10-16-29)30-17-11-6-12-18-30/h4-18,23,31-33H,19-22,24-26H2,1-3H3,(H,38,43,44)/t32-,33?,48?/m0/s1. The first-order valence-corrected chi connectivity index (χ1v) is 18.8. The van der Waals surface area contributed by atoms with Crippen LogP contribution in [0.15, 0.2) is 107 Å². The molecule has 12 heteroatoms. The molecule has 0 bridgehead atoms. The van der Waals surface area contributed by atoms with E-state index in [-0.39, 0.29) is 13.2 Å². The van der Waals surface area contributed by atoms with Crippen molar-refractivity contribution in [3.63, 3.8) is 0 Å². The molecule has 1 aromatic heterocycles. The summed E-state index contributed by atoms with van der Waals surface area (Å²) < 4.78 is 29.6. The van der Waals surface area contributed by atoms with Crippen LogP contribution in [0.25, 0.3) is 0 Å². The van der Waals surface area contributed by atoms with Crippen molar-refractivity contribution in [1.29, 1.82) is 0 Å². The third-order valence-electron chi connectivity index (χ3n) is 9.58. The van der Waals surface area contributed by atoms with Crippen LogP contribution >= 0.6 is 18.1 Å². The van der Waals surface area contributed by atoms with Gasteiger partial charge in [-0.25, -0.2) is 9.46 Å². The van der Waals surface area contributed by atoms with Crippen LogP contribution in [0, 0.1) is 6.92 Å². The van der Waals surface area contributed by atoms with Gasteiger partial charge in [-0.05, 0) is 61.8 Å². The first kappa shape index (κ1) is 34.5. The number of morpholine rings is 1. The highest BCUT2D eigenvalue weighted by atomic mass is 35.7. The van der Waals surface area contributed by atoms with Crippen LogP contribution in [-0.4, -0.2) is 83.0 Å². The Morgan fingerprint density at radius 2 is 1.42 bits per heavy atom. The predicted molar refractivity (Wildman–Crippen MR) is 188 cm³/mol. The SMILES string of the molecule is Cc1cn(C2CN(C(c3ccccc3)(c3ccccc3)c3ccccc3)C[C@@H](COP(=O)(Cl)N3CCC(N(C)C)CC3)O2)c(=O)[nH]c1=O. The molecule has 6 rings (SSSR count). The van der Waals surface area contributed by atoms with E-state index < -0.39 is 36.0 Å². The van der Waals surface area contributed by atoms with Gasteiger partial charge in [0.15, 0.2) is 6.23 Å². The maximum atomic E-state index is 13.8. The summed E-state index contributed by atoms with van der Waals surface area (Å²) in [5, 5.41) is 0. The molecular weight excluding hydrogens is 649 g/mol. The van der Waals surface area contributed by atoms with Crippen LogP contribution in [0.3, 0.4) is 0 Å². The van der Waals surface area contributed by atoms with E-state index in [0.717, 1.165) is 29.5 Å². The molecule has 0 saturated carbocycles. The van der Waals surface area contributed by atoms with Gasteiger partial charge in [0.1, 0.15) is 0 Å². The normalized spacial score (nSPS) is 21.3. The minimum Gasteiger partial charge on any atom is -0.350 e. The van der Waals surface area contributed by atoms with Crippen molar-refractivity contribution in [1.82, 2.24) is 24.0 Å². The highest BCUT2D eigenvalue weighted by Gasteiger charge is 2.47. The fraction of sp³-hybridized carbons (Fsp3) is 0.389. The summed E-state index contributed by atoms with van der Waals surface area (Å²) in [6.45, 7) is -0.293. The number of aromatic amines is 1. The molecule has 10 nitrogen and oxygen atoms in total. The Morgan fingerprint density at radius 3 is 1.92 bits per heavy atom. The van der Waals surface area contributed by atoms with Crippen molar-refractivity contribution in [3.05, 3.63) is 140 Å². The van der Waals surface area contributed by atoms with Crippen molar-refractivity contribution in [2.75, 3.05) is 46.9 Å². The van der Waals surface area contributed by atoms with Gasteiger partial charge >= 0.3 is 12.6 Å². The number of hydrogen-bond donors (Lipinski definition) is 1. The number of aromatic nitrogens is 2. The molecule has 0 amide bonds. The van der Waals surface area contributed by atoms with Crippen LogP contribution in [0.1, 0.15) is 41.3 Å². The van der Waals surface area contributed by atoms with Crippen LogP contribution < -0.4 is 11.2 Å². The number of ether oxygens (including phenoxy) is 1. The van der Waals surface area contributed by atoms with Crippen LogP contribution in [-0.2, 0) is 19.4 Å². The molecule has 2 fully saturated rings. The molecule has 3 heterocycles. The van der Waals surface area contributed by atoms with E-state index in [4.69, 9.17) is 20.5 Å². The topological polar surface area (TPSA) is 100 Å². The van der Waals surface area contributed by atoms with Gasteiger partial charge in [-0.15, -0.1) is 0 Å². The van der Waals surface area contributed by atoms with Crippen molar-refractivity contribution >= 4 is 18.1 Å². The second-order valence-electron chi connectivity index (χ2n) is 12.8. The Kier molecular flexibility index (Phi) is 10.5. The average Bonchev–Trinajstić information content (AvgIpc) is 3.11. The van der Waals surface area contributed by atoms with Gasteiger partial charge in [0, 0.05) is 44.0 Å². The first-order valence-electron chi connectivity index (χ1n) is 16.3. The molecule has 0 spiro atoms. The van der Waals surface area contributed by atoms with Crippen LogP contribution in [0.5, 0.6) is 0 Å². The molecule has 0 aliphatic carbocycles. The molecule has 2 aliphatic rings. The first-order chi connectivity index (χ1) is 23.1. The fourth-order valence-electron chi connectivity index (χ4n) is 7.09. The summed E-state index contributed by atoms with van der Waals surface area (Å²) in [6.07, 6.45) is 1.77. The fourth-order valence-corrected chi connectivity index (χ4v) is 8.93. The zero-order chi connectivity index (χ0) is 33.9. The lowest BCUT2D eigenvalue weighted by molar-refractivity contribution is -0.148. The Hall–Kier alpha value is -3.34. The predicted octanol–water partition coefficient (Wildman–Crippen LogP) is 5.43. The number of aryl methyl sites for hydroxylation is 1. The summed E-state index contributed by atoms with van der Waals surface area (Å²) in [5.74, 6) is 0. The maximum absolute atomic E-state index is 13.8. The number of piperidine rings is 1. The second-order valence-corrected chi connectivity index (χ2v) is 15.8. The van der Waals surface area contributed by atoms with E-state index in [1.165, 1.54) is 10.8 Å². The number of rotatable bonds is 10. The van der Waals surface area contributed by atoms with E-state index in [1.54, 1.807) is 11.6 Å². The van der Waals surface area contributed by atoms with E-state index >= 15 is 0 Å². The number of halogens is 1. The lowest BCUT2D eigenvalue weighted by Crippen LogP contribution is -2.58. The van der Waals surface area contributed by atoms with E-state index in [0.29, 0.717) is 31.2 Å². The lowest BCUT2D eigenvalue weighted by Gasteiger charge is -2.50. The highest BCUT2D eigenvalue weighted by molar-refractivity contribution is 7.83. The Morgan fingerprint density at radius 1 is 0.896 bits per heavy atom. The third kappa shape index (κ3) is 7.03. The van der Waals surface area contributed by atoms with E-state index in [2.05, 4.69) is 65.3 Å². The Labute approximate surface area is 286 Å². The molecule has 1 N–H and O–H groups in total. The average molecular weight is 692 g/mol. The van der Waals surface area contributed by atoms with E-state index in [9.17, 15) is 14.2 Å². The largest absolute Gasteiger partial charge is 0.363 e. The van der Waals surface area contributed by atoms with Gasteiger partial charge in [0.2, 0.25) is 0 Å². The minimum absolute atomic E-state index is 0.0626. The van der Waals surface area contributed by atoms with Gasteiger partial charge in [-0.3, -0.25) is 23.8 Å². The molecule has 48 heavy (non-hydrogen) atoms. The van der Waals surface area contributed by atoms with Crippen molar-refractivity contribution in [3.8, 4) is 0 Å². The van der Waals surface area contributed by atoms with E-state index in [1.807, 2.05) is 54.6 Å². The van der Waals surface area contributed by atoms with Gasteiger partial charge in [-0.1, -0.05) is 91.0 Å². The van der Waals surface area contributed by atoms with Crippen molar-refractivity contribution in [2.45, 2.75) is 43.7 Å². The third-order valence-corrected chi connectivity index (χ3v) is 12.1. The maximum Gasteiger partial charge on any atom is 0.363 e. The summed E-state index contributed by atoms with van der Waals surface area (Å²) in [6, 6.07) is 31.1. The quantitative estimate of drug-likeness (QED) is 0.174. The smallest absolute Gasteiger partial charge is 0.350 e. The zero-order valence-electron chi connectivity index (χ0n) is 27.6. The van der Waals surface area contributed by atoms with Crippen molar-refractivity contribution < 1.29 is 13.8 Å². The summed E-state index contributed by atoms with van der Waals surface area (Å²) in [7, 11) is 4.10. The number of nitrogens with one attached hydrogen (secondary N) is 1. The molecule has 2 unspecified atom stereocenters. The van der Waals surface area contributed by atoms with Crippen LogP contribution in [0.2, 0.25) is 0 Å². The zero-order valence-corrected chi connectivity index (χ0v) is 29.2. The van der Waals surface area contributed by atoms with Crippen molar-refractivity contribution in [2.24, 2.45) is 0 Å². The monoisotopic (exact) mass is 691 g/mol. The summed E-state index contributed by atoms with van der Waals surface area (Å²) in [5.41, 5.74) is 1.63. The summed E-state index contributed by atoms with van der Waals surface area (Å²) >= 11 is 6.67. The number of H-pyrrole nitrogens is 1. The van der Waals surface area contributed by atoms with Gasteiger partial charge in [0.05, 0.1) is 18.2 Å². The highest BCUT2D eigenvalue weighted by Crippen LogP contribution is 2.57. The number of benzene rings is 3. The molecule has 2 saturated heterocycles. The van der Waals surface area contributed by atoms with Gasteiger partial charge in [0.25, 0.3) is 5.56 Å². The van der Waals surface area contributed by atoms with Crippen LogP contribution in [0.4, 0.5) is 0 Å². The molecule has 2 aliphatic heterocycles. The summed E-state index contributed by atoms with van der Waals surface area (Å²) in [4.78, 5) is 32.5. The molecular formula is C36H43ClN5O5P. The molecule has 3 aromatic carbocycles. The lowest BCUT2D eigenvalue weighted by atomic mass is 9.75.